The van der Waals surface area contributed by atoms with Gasteiger partial charge >= 0.3 is 0 Å². The fourth-order valence-corrected chi connectivity index (χ4v) is 3.12. The molecule has 0 aromatic heterocycles. The van der Waals surface area contributed by atoms with Crippen LogP contribution in [0.1, 0.15) is 63.9 Å². The molecule has 175 valence electrons. The van der Waals surface area contributed by atoms with Crippen LogP contribution in [0.2, 0.25) is 0 Å². The molecule has 0 amide bonds. The Labute approximate surface area is 192 Å². The number of aryl methyl sites for hydroxylation is 2. The van der Waals surface area contributed by atoms with E-state index in [9.17, 15) is 13.9 Å². The van der Waals surface area contributed by atoms with Gasteiger partial charge in [0.25, 0.3) is 0 Å². The van der Waals surface area contributed by atoms with Crippen molar-refractivity contribution in [1.29, 1.82) is 0 Å². The Morgan fingerprint density at radius 2 is 1.75 bits per heavy atom. The molecule has 0 aliphatic heterocycles. The number of allylic oxidation sites excluding steroid dienone is 2. The van der Waals surface area contributed by atoms with Gasteiger partial charge in [0, 0.05) is 33.4 Å². The fraction of sp³-hybridized carbons (Fsp3) is 0.407. The molecule has 3 rings (SSSR count). The van der Waals surface area contributed by atoms with E-state index in [2.05, 4.69) is 31.0 Å². The SMILES string of the molecule is CCc1cc(C)c(C=NC)cc1C1=C[C]1c1ccc(F)cc1F.COC(C)(C)C(C)(C)O.[HH]. The van der Waals surface area contributed by atoms with Crippen LogP contribution in [0.25, 0.3) is 5.57 Å². The molecule has 0 unspecified atom stereocenters. The minimum atomic E-state index is -0.776. The molecule has 0 saturated heterocycles. The number of hydrogen-bond donors (Lipinski definition) is 1. The van der Waals surface area contributed by atoms with E-state index in [0.717, 1.165) is 35.1 Å². The van der Waals surface area contributed by atoms with Crippen LogP contribution in [0.3, 0.4) is 0 Å². The van der Waals surface area contributed by atoms with E-state index in [4.69, 9.17) is 4.74 Å². The average molecular weight is 445 g/mol. The van der Waals surface area contributed by atoms with Crippen LogP contribution in [0.5, 0.6) is 0 Å². The Kier molecular flexibility index (Phi) is 8.13. The van der Waals surface area contributed by atoms with Crippen LogP contribution in [0, 0.1) is 24.5 Å². The van der Waals surface area contributed by atoms with Crippen molar-refractivity contribution in [1.82, 2.24) is 0 Å². The number of hydrogen-bond acceptors (Lipinski definition) is 3. The second kappa shape index (κ2) is 10.1. The molecule has 1 aliphatic rings. The van der Waals surface area contributed by atoms with Crippen molar-refractivity contribution >= 4 is 11.8 Å². The lowest BCUT2D eigenvalue weighted by Crippen LogP contribution is -2.46. The van der Waals surface area contributed by atoms with E-state index >= 15 is 0 Å². The van der Waals surface area contributed by atoms with Gasteiger partial charge in [-0.1, -0.05) is 25.1 Å². The molecular weight excluding hydrogens is 408 g/mol. The Bertz CT molecular complexity index is 1020. The van der Waals surface area contributed by atoms with E-state index in [1.165, 1.54) is 23.3 Å². The van der Waals surface area contributed by atoms with E-state index in [1.54, 1.807) is 28.0 Å². The Balaban J connectivity index is 0.000000467. The first kappa shape index (κ1) is 25.9. The van der Waals surface area contributed by atoms with Crippen molar-refractivity contribution in [3.05, 3.63) is 81.8 Å². The van der Waals surface area contributed by atoms with Crippen LogP contribution in [-0.4, -0.2) is 36.7 Å². The lowest BCUT2D eigenvalue weighted by atomic mass is 9.90. The number of aliphatic hydroxyl groups is 1. The standard InChI is InChI=1S/C20H18F2N.C7H16O2.H2/c1-4-13-7-12(2)14(11-23-3)8-17(13)19-10-18(19)16-6-5-15(21)9-20(16)22;1-6(2,8)7(3,4)9-5;/h5-11H,4H2,1-3H3;8H,1-5H3;1H. The number of methoxy groups -OCH3 is 1. The third-order valence-electron chi connectivity index (χ3n) is 6.13. The number of aliphatic imine (C=N–C) groups is 1. The van der Waals surface area contributed by atoms with Gasteiger partial charge in [-0.25, -0.2) is 8.78 Å². The van der Waals surface area contributed by atoms with Crippen LogP contribution < -0.4 is 0 Å². The van der Waals surface area contributed by atoms with Crippen LogP contribution in [-0.2, 0) is 11.2 Å². The number of ether oxygens (including phenoxy) is 1. The molecule has 2 aromatic rings. The summed E-state index contributed by atoms with van der Waals surface area (Å²) in [6, 6.07) is 7.97. The van der Waals surface area contributed by atoms with Gasteiger partial charge in [0.2, 0.25) is 0 Å². The first-order valence-electron chi connectivity index (χ1n) is 10.7. The van der Waals surface area contributed by atoms with Gasteiger partial charge in [0.1, 0.15) is 11.6 Å². The summed E-state index contributed by atoms with van der Waals surface area (Å²) in [6.07, 6.45) is 4.68. The van der Waals surface area contributed by atoms with Gasteiger partial charge in [-0.3, -0.25) is 4.99 Å². The van der Waals surface area contributed by atoms with Crippen molar-refractivity contribution in [2.45, 2.75) is 59.2 Å². The predicted molar refractivity (Wildman–Crippen MR) is 130 cm³/mol. The van der Waals surface area contributed by atoms with Crippen molar-refractivity contribution in [3.63, 3.8) is 0 Å². The molecule has 0 atom stereocenters. The normalized spacial score (nSPS) is 14.3. The van der Waals surface area contributed by atoms with Gasteiger partial charge in [-0.05, 0) is 81.0 Å². The highest BCUT2D eigenvalue weighted by molar-refractivity contribution is 6.00. The minimum Gasteiger partial charge on any atom is -0.387 e. The monoisotopic (exact) mass is 444 g/mol. The molecule has 32 heavy (non-hydrogen) atoms. The van der Waals surface area contributed by atoms with Gasteiger partial charge in [-0.15, -0.1) is 0 Å². The summed E-state index contributed by atoms with van der Waals surface area (Å²) in [6.45, 7) is 11.3. The molecule has 2 aromatic carbocycles. The molecule has 1 radical (unpaired) electrons. The smallest absolute Gasteiger partial charge is 0.130 e. The van der Waals surface area contributed by atoms with Gasteiger partial charge < -0.3 is 9.84 Å². The Morgan fingerprint density at radius 1 is 1.09 bits per heavy atom. The molecule has 0 bridgehead atoms. The quantitative estimate of drug-likeness (QED) is 0.529. The number of nitrogens with zero attached hydrogens (tertiary/aromatic N) is 1. The minimum absolute atomic E-state index is 0. The zero-order chi connectivity index (χ0) is 24.3. The summed E-state index contributed by atoms with van der Waals surface area (Å²) in [5, 5.41) is 9.42. The maximum Gasteiger partial charge on any atom is 0.130 e. The van der Waals surface area contributed by atoms with Crippen molar-refractivity contribution in [3.8, 4) is 0 Å². The van der Waals surface area contributed by atoms with Crippen molar-refractivity contribution < 1.29 is 20.1 Å². The summed E-state index contributed by atoms with van der Waals surface area (Å²) >= 11 is 0. The largest absolute Gasteiger partial charge is 0.387 e. The first-order valence-corrected chi connectivity index (χ1v) is 10.7. The molecule has 0 heterocycles. The van der Waals surface area contributed by atoms with Gasteiger partial charge in [0.05, 0.1) is 17.1 Å². The van der Waals surface area contributed by atoms with Crippen LogP contribution >= 0.6 is 0 Å². The topological polar surface area (TPSA) is 41.8 Å². The molecule has 1 N–H and O–H groups in total. The third kappa shape index (κ3) is 5.90. The maximum atomic E-state index is 14.0. The van der Waals surface area contributed by atoms with Gasteiger partial charge in [-0.2, -0.15) is 0 Å². The molecular formula is C27H36F2NO2. The fourth-order valence-electron chi connectivity index (χ4n) is 3.12. The van der Waals surface area contributed by atoms with Crippen molar-refractivity contribution in [2.24, 2.45) is 4.99 Å². The van der Waals surface area contributed by atoms with Gasteiger partial charge in [0.15, 0.2) is 0 Å². The van der Waals surface area contributed by atoms with Crippen LogP contribution in [0.4, 0.5) is 8.78 Å². The average Bonchev–Trinajstić information content (AvgIpc) is 3.49. The maximum absolute atomic E-state index is 14.0. The Hall–Kier alpha value is -2.37. The van der Waals surface area contributed by atoms with E-state index in [1.807, 2.05) is 26.1 Å². The lowest BCUT2D eigenvalue weighted by Gasteiger charge is -2.35. The zero-order valence-electron chi connectivity index (χ0n) is 20.3. The number of benzene rings is 2. The molecule has 0 fully saturated rings. The summed E-state index contributed by atoms with van der Waals surface area (Å²) in [7, 11) is 3.34. The predicted octanol–water partition coefficient (Wildman–Crippen LogP) is 6.33. The van der Waals surface area contributed by atoms with Crippen molar-refractivity contribution in [2.75, 3.05) is 14.2 Å². The number of rotatable bonds is 6. The summed E-state index contributed by atoms with van der Waals surface area (Å²) in [5.74, 6) is -0.229. The molecule has 0 spiro atoms. The first-order chi connectivity index (χ1) is 14.9. The zero-order valence-corrected chi connectivity index (χ0v) is 20.3. The molecule has 5 heteroatoms. The molecule has 3 nitrogen and oxygen atoms in total. The summed E-state index contributed by atoms with van der Waals surface area (Å²) < 4.78 is 32.1. The second-order valence-corrected chi connectivity index (χ2v) is 8.98. The molecule has 1 aliphatic carbocycles. The van der Waals surface area contributed by atoms with Crippen LogP contribution in [0.15, 0.2) is 41.4 Å². The Morgan fingerprint density at radius 3 is 2.22 bits per heavy atom. The lowest BCUT2D eigenvalue weighted by molar-refractivity contribution is -0.129. The summed E-state index contributed by atoms with van der Waals surface area (Å²) in [4.78, 5) is 4.09. The second-order valence-electron chi connectivity index (χ2n) is 8.98. The highest BCUT2D eigenvalue weighted by atomic mass is 19.1. The van der Waals surface area contributed by atoms with E-state index in [0.29, 0.717) is 5.56 Å². The third-order valence-corrected chi connectivity index (χ3v) is 6.13. The highest BCUT2D eigenvalue weighted by Gasteiger charge is 2.34. The van der Waals surface area contributed by atoms with E-state index in [-0.39, 0.29) is 1.43 Å². The summed E-state index contributed by atoms with van der Waals surface area (Å²) in [5.41, 5.74) is 4.80. The van der Waals surface area contributed by atoms with E-state index < -0.39 is 22.8 Å². The highest BCUT2D eigenvalue weighted by Crippen LogP contribution is 2.47. The number of halogens is 2. The molecule has 0 saturated carbocycles.